The first-order valence-electron chi connectivity index (χ1n) is 5.51. The zero-order chi connectivity index (χ0) is 11.8. The van der Waals surface area contributed by atoms with E-state index in [0.717, 1.165) is 5.69 Å². The summed E-state index contributed by atoms with van der Waals surface area (Å²) in [7, 11) is 0. The highest BCUT2D eigenvalue weighted by Crippen LogP contribution is 2.04. The van der Waals surface area contributed by atoms with Gasteiger partial charge in [-0.2, -0.15) is 5.10 Å². The third kappa shape index (κ3) is 3.95. The molecule has 0 amide bonds. The number of nitrogens with one attached hydrogen (secondary N) is 1. The fraction of sp³-hybridized carbons (Fsp3) is 0. The summed E-state index contributed by atoms with van der Waals surface area (Å²) in [5.74, 6) is 0. The van der Waals surface area contributed by atoms with E-state index >= 15 is 0 Å². The van der Waals surface area contributed by atoms with Gasteiger partial charge in [-0.1, -0.05) is 54.6 Å². The summed E-state index contributed by atoms with van der Waals surface area (Å²) in [6.07, 6.45) is 5.65. The monoisotopic (exact) mass is 222 g/mol. The van der Waals surface area contributed by atoms with Crippen molar-refractivity contribution in [3.63, 3.8) is 0 Å². The lowest BCUT2D eigenvalue weighted by atomic mass is 10.2. The summed E-state index contributed by atoms with van der Waals surface area (Å²) in [4.78, 5) is 0. The number of anilines is 1. The highest BCUT2D eigenvalue weighted by Gasteiger charge is 1.83. The van der Waals surface area contributed by atoms with Gasteiger partial charge in [-0.15, -0.1) is 0 Å². The van der Waals surface area contributed by atoms with E-state index in [-0.39, 0.29) is 0 Å². The first-order valence-corrected chi connectivity index (χ1v) is 5.51. The van der Waals surface area contributed by atoms with Crippen LogP contribution in [0.4, 0.5) is 5.69 Å². The molecule has 0 aliphatic rings. The summed E-state index contributed by atoms with van der Waals surface area (Å²) in [6.45, 7) is 0. The standard InChI is InChI=1S/C15H14N2/c1-3-8-14(9-4-1)10-7-13-16-17-15-11-5-2-6-12-15/h1-13,17H/b10-7-,16-13+. The van der Waals surface area contributed by atoms with Crippen LogP contribution < -0.4 is 5.43 Å². The molecule has 0 fully saturated rings. The van der Waals surface area contributed by atoms with Crippen LogP contribution in [-0.4, -0.2) is 6.21 Å². The number of benzene rings is 2. The highest BCUT2D eigenvalue weighted by atomic mass is 15.3. The minimum absolute atomic E-state index is 0.983. The number of para-hydroxylation sites is 1. The molecule has 2 heteroatoms. The number of hydrogen-bond acceptors (Lipinski definition) is 2. The Labute approximate surface area is 101 Å². The Morgan fingerprint density at radius 2 is 1.47 bits per heavy atom. The van der Waals surface area contributed by atoms with Crippen LogP contribution in [0.5, 0.6) is 0 Å². The summed E-state index contributed by atoms with van der Waals surface area (Å²) >= 11 is 0. The molecule has 0 aromatic heterocycles. The molecule has 17 heavy (non-hydrogen) atoms. The summed E-state index contributed by atoms with van der Waals surface area (Å²) < 4.78 is 0. The van der Waals surface area contributed by atoms with Crippen molar-refractivity contribution in [3.8, 4) is 0 Å². The van der Waals surface area contributed by atoms with Crippen LogP contribution >= 0.6 is 0 Å². The van der Waals surface area contributed by atoms with Crippen LogP contribution in [0.3, 0.4) is 0 Å². The number of hydrogen-bond donors (Lipinski definition) is 1. The molecule has 0 atom stereocenters. The van der Waals surface area contributed by atoms with E-state index in [0.29, 0.717) is 0 Å². The Kier molecular flexibility index (Phi) is 4.12. The van der Waals surface area contributed by atoms with E-state index < -0.39 is 0 Å². The van der Waals surface area contributed by atoms with Gasteiger partial charge in [-0.25, -0.2) is 0 Å². The first-order chi connectivity index (χ1) is 8.45. The summed E-state index contributed by atoms with van der Waals surface area (Å²) in [6, 6.07) is 20.0. The van der Waals surface area contributed by atoms with Gasteiger partial charge >= 0.3 is 0 Å². The van der Waals surface area contributed by atoms with Gasteiger partial charge in [0, 0.05) is 6.21 Å². The molecule has 1 N–H and O–H groups in total. The average molecular weight is 222 g/mol. The summed E-state index contributed by atoms with van der Waals surface area (Å²) in [5.41, 5.74) is 5.10. The summed E-state index contributed by atoms with van der Waals surface area (Å²) in [5, 5.41) is 4.09. The van der Waals surface area contributed by atoms with Gasteiger partial charge in [0.15, 0.2) is 0 Å². The maximum atomic E-state index is 4.09. The van der Waals surface area contributed by atoms with E-state index in [4.69, 9.17) is 0 Å². The molecule has 0 aliphatic carbocycles. The average Bonchev–Trinajstić information content (AvgIpc) is 2.41. The predicted molar refractivity (Wildman–Crippen MR) is 74.0 cm³/mol. The second-order valence-electron chi connectivity index (χ2n) is 3.53. The molecule has 0 saturated carbocycles. The van der Waals surface area contributed by atoms with Gasteiger partial charge in [0.05, 0.1) is 5.69 Å². The fourth-order valence-corrected chi connectivity index (χ4v) is 1.39. The molecule has 0 radical (unpaired) electrons. The quantitative estimate of drug-likeness (QED) is 0.617. The third-order valence-electron chi connectivity index (χ3n) is 2.22. The van der Waals surface area contributed by atoms with Gasteiger partial charge in [0.25, 0.3) is 0 Å². The van der Waals surface area contributed by atoms with Gasteiger partial charge in [0.1, 0.15) is 0 Å². The predicted octanol–water partition coefficient (Wildman–Crippen LogP) is 3.80. The molecule has 0 saturated heterocycles. The molecule has 2 aromatic carbocycles. The molecule has 0 aliphatic heterocycles. The van der Waals surface area contributed by atoms with E-state index in [1.54, 1.807) is 6.21 Å². The number of allylic oxidation sites excluding steroid dienone is 1. The molecule has 0 spiro atoms. The van der Waals surface area contributed by atoms with Gasteiger partial charge in [0.2, 0.25) is 0 Å². The molecule has 2 aromatic rings. The van der Waals surface area contributed by atoms with Gasteiger partial charge in [-0.3, -0.25) is 5.43 Å². The second-order valence-corrected chi connectivity index (χ2v) is 3.53. The van der Waals surface area contributed by atoms with Crippen LogP contribution in [-0.2, 0) is 0 Å². The van der Waals surface area contributed by atoms with E-state index in [1.165, 1.54) is 5.56 Å². The van der Waals surface area contributed by atoms with Crippen molar-refractivity contribution in [1.82, 2.24) is 0 Å². The number of hydrazone groups is 1. The number of rotatable bonds is 4. The fourth-order valence-electron chi connectivity index (χ4n) is 1.39. The zero-order valence-corrected chi connectivity index (χ0v) is 9.45. The lowest BCUT2D eigenvalue weighted by Crippen LogP contribution is -1.86. The molecule has 0 bridgehead atoms. The minimum atomic E-state index is 0.983. The Morgan fingerprint density at radius 3 is 2.18 bits per heavy atom. The minimum Gasteiger partial charge on any atom is -0.279 e. The normalized spacial score (nSPS) is 11.1. The van der Waals surface area contributed by atoms with Crippen LogP contribution in [0, 0.1) is 0 Å². The Hall–Kier alpha value is -2.35. The first kappa shape index (κ1) is 11.1. The smallest absolute Gasteiger partial charge is 0.0561 e. The second kappa shape index (κ2) is 6.28. The molecule has 2 nitrogen and oxygen atoms in total. The van der Waals surface area contributed by atoms with Crippen molar-refractivity contribution in [1.29, 1.82) is 0 Å². The highest BCUT2D eigenvalue weighted by molar-refractivity contribution is 5.78. The molecule has 2 rings (SSSR count). The topological polar surface area (TPSA) is 24.4 Å². The van der Waals surface area contributed by atoms with E-state index in [1.807, 2.05) is 60.7 Å². The molecule has 0 unspecified atom stereocenters. The van der Waals surface area contributed by atoms with Crippen molar-refractivity contribution in [2.75, 3.05) is 5.43 Å². The van der Waals surface area contributed by atoms with Gasteiger partial charge in [-0.05, 0) is 23.8 Å². The van der Waals surface area contributed by atoms with Crippen LogP contribution in [0.25, 0.3) is 6.08 Å². The van der Waals surface area contributed by atoms with Crippen molar-refractivity contribution in [2.24, 2.45) is 5.10 Å². The van der Waals surface area contributed by atoms with E-state index in [2.05, 4.69) is 22.7 Å². The van der Waals surface area contributed by atoms with Crippen LogP contribution in [0.15, 0.2) is 71.8 Å². The lowest BCUT2D eigenvalue weighted by Gasteiger charge is -1.96. The van der Waals surface area contributed by atoms with Crippen molar-refractivity contribution in [2.45, 2.75) is 0 Å². The molecular weight excluding hydrogens is 208 g/mol. The van der Waals surface area contributed by atoms with Gasteiger partial charge < -0.3 is 0 Å². The maximum Gasteiger partial charge on any atom is 0.0561 e. The van der Waals surface area contributed by atoms with Crippen LogP contribution in [0.2, 0.25) is 0 Å². The molecule has 0 heterocycles. The van der Waals surface area contributed by atoms with Crippen LogP contribution in [0.1, 0.15) is 5.56 Å². The Balaban J connectivity index is 1.85. The lowest BCUT2D eigenvalue weighted by molar-refractivity contribution is 1.36. The molecular formula is C15H14N2. The number of nitrogens with zero attached hydrogens (tertiary/aromatic N) is 1. The third-order valence-corrected chi connectivity index (χ3v) is 2.22. The molecule has 84 valence electrons. The Morgan fingerprint density at radius 1 is 0.824 bits per heavy atom. The van der Waals surface area contributed by atoms with Crippen molar-refractivity contribution >= 4 is 18.0 Å². The van der Waals surface area contributed by atoms with E-state index in [9.17, 15) is 0 Å². The SMILES string of the molecule is C(=C/c1ccccc1)/C=N/Nc1ccccc1. The maximum absolute atomic E-state index is 4.09. The van der Waals surface area contributed by atoms with Crippen molar-refractivity contribution < 1.29 is 0 Å². The largest absolute Gasteiger partial charge is 0.279 e. The van der Waals surface area contributed by atoms with Crippen molar-refractivity contribution in [3.05, 3.63) is 72.3 Å². The zero-order valence-electron chi connectivity index (χ0n) is 9.45. The Bertz CT molecular complexity index is 487.